The lowest BCUT2D eigenvalue weighted by atomic mass is 10.1. The Kier molecular flexibility index (Phi) is 3.44. The van der Waals surface area contributed by atoms with E-state index in [1.807, 2.05) is 5.51 Å². The van der Waals surface area contributed by atoms with Gasteiger partial charge < -0.3 is 10.2 Å². The van der Waals surface area contributed by atoms with Crippen molar-refractivity contribution in [3.05, 3.63) is 5.51 Å². The van der Waals surface area contributed by atoms with Gasteiger partial charge in [0.05, 0.1) is 0 Å². The fourth-order valence-corrected chi connectivity index (χ4v) is 2.67. The van der Waals surface area contributed by atoms with Crippen molar-refractivity contribution in [2.24, 2.45) is 0 Å². The van der Waals surface area contributed by atoms with Gasteiger partial charge in [0.15, 0.2) is 0 Å². The Morgan fingerprint density at radius 1 is 1.56 bits per heavy atom. The summed E-state index contributed by atoms with van der Waals surface area (Å²) in [7, 11) is 0. The van der Waals surface area contributed by atoms with Crippen molar-refractivity contribution in [3.8, 4) is 0 Å². The van der Waals surface area contributed by atoms with E-state index in [0.717, 1.165) is 18.2 Å². The van der Waals surface area contributed by atoms with Crippen LogP contribution in [-0.2, 0) is 0 Å². The van der Waals surface area contributed by atoms with E-state index in [0.29, 0.717) is 6.04 Å². The van der Waals surface area contributed by atoms with Crippen molar-refractivity contribution in [2.45, 2.75) is 45.2 Å². The van der Waals surface area contributed by atoms with Gasteiger partial charge in [-0.15, -0.1) is 10.2 Å². The summed E-state index contributed by atoms with van der Waals surface area (Å²) in [6.07, 6.45) is 2.51. The first-order chi connectivity index (χ1) is 7.56. The second-order valence-corrected chi connectivity index (χ2v) is 6.15. The first-order valence-electron chi connectivity index (χ1n) is 5.84. The molecule has 16 heavy (non-hydrogen) atoms. The van der Waals surface area contributed by atoms with Crippen molar-refractivity contribution in [3.63, 3.8) is 0 Å². The van der Waals surface area contributed by atoms with Crippen molar-refractivity contribution >= 4 is 16.5 Å². The molecule has 1 unspecified atom stereocenters. The maximum absolute atomic E-state index is 4.16. The predicted molar refractivity (Wildman–Crippen MR) is 68.0 cm³/mol. The lowest BCUT2D eigenvalue weighted by Crippen LogP contribution is -2.45. The van der Waals surface area contributed by atoms with Crippen LogP contribution < -0.4 is 10.2 Å². The molecule has 1 aliphatic rings. The van der Waals surface area contributed by atoms with Crippen molar-refractivity contribution < 1.29 is 0 Å². The van der Waals surface area contributed by atoms with Crippen molar-refractivity contribution in [1.82, 2.24) is 15.5 Å². The highest BCUT2D eigenvalue weighted by molar-refractivity contribution is 7.13. The molecule has 1 aromatic heterocycles. The Hall–Kier alpha value is -0.680. The lowest BCUT2D eigenvalue weighted by molar-refractivity contribution is 0.405. The molecule has 5 heteroatoms. The van der Waals surface area contributed by atoms with Gasteiger partial charge in [0, 0.05) is 24.7 Å². The minimum Gasteiger partial charge on any atom is -0.342 e. The summed E-state index contributed by atoms with van der Waals surface area (Å²) in [5.74, 6) is 0. The molecule has 0 spiro atoms. The van der Waals surface area contributed by atoms with E-state index in [9.17, 15) is 0 Å². The molecule has 0 amide bonds. The van der Waals surface area contributed by atoms with E-state index in [2.05, 4.69) is 41.2 Å². The number of nitrogens with one attached hydrogen (secondary N) is 1. The number of rotatable bonds is 3. The van der Waals surface area contributed by atoms with Gasteiger partial charge in [-0.05, 0) is 33.6 Å². The maximum Gasteiger partial charge on any atom is 0.208 e. The Bertz CT molecular complexity index is 317. The van der Waals surface area contributed by atoms with Gasteiger partial charge >= 0.3 is 0 Å². The first kappa shape index (κ1) is 11.8. The molecule has 2 heterocycles. The third-order valence-electron chi connectivity index (χ3n) is 2.84. The summed E-state index contributed by atoms with van der Waals surface area (Å²) in [5, 5.41) is 12.7. The molecule has 0 radical (unpaired) electrons. The van der Waals surface area contributed by atoms with Crippen LogP contribution in [0, 0.1) is 0 Å². The molecular weight excluding hydrogens is 220 g/mol. The quantitative estimate of drug-likeness (QED) is 0.876. The second kappa shape index (κ2) is 4.67. The van der Waals surface area contributed by atoms with Crippen LogP contribution in [0.25, 0.3) is 0 Å². The van der Waals surface area contributed by atoms with Crippen LogP contribution in [-0.4, -0.2) is 34.9 Å². The van der Waals surface area contributed by atoms with Crippen LogP contribution in [0.1, 0.15) is 33.6 Å². The largest absolute Gasteiger partial charge is 0.342 e. The molecule has 90 valence electrons. The first-order valence-corrected chi connectivity index (χ1v) is 6.72. The highest BCUT2D eigenvalue weighted by Gasteiger charge is 2.27. The van der Waals surface area contributed by atoms with E-state index in [1.165, 1.54) is 12.8 Å². The fourth-order valence-electron chi connectivity index (χ4n) is 2.02. The highest BCUT2D eigenvalue weighted by Crippen LogP contribution is 2.26. The normalized spacial score (nSPS) is 21.7. The monoisotopic (exact) mass is 240 g/mol. The lowest BCUT2D eigenvalue weighted by Gasteiger charge is -2.28. The Balaban J connectivity index is 1.94. The summed E-state index contributed by atoms with van der Waals surface area (Å²) in [4.78, 5) is 2.39. The van der Waals surface area contributed by atoms with Gasteiger partial charge in [-0.25, -0.2) is 0 Å². The summed E-state index contributed by atoms with van der Waals surface area (Å²) < 4.78 is 0. The molecule has 1 aliphatic heterocycles. The molecule has 0 saturated carbocycles. The number of hydrogen-bond acceptors (Lipinski definition) is 5. The number of aromatic nitrogens is 2. The smallest absolute Gasteiger partial charge is 0.208 e. The molecule has 4 nitrogen and oxygen atoms in total. The molecule has 1 atom stereocenters. The number of nitrogens with zero attached hydrogens (tertiary/aromatic N) is 3. The Morgan fingerprint density at radius 3 is 3.00 bits per heavy atom. The molecule has 1 N–H and O–H groups in total. The van der Waals surface area contributed by atoms with E-state index in [4.69, 9.17) is 0 Å². The minimum atomic E-state index is 0.190. The number of anilines is 1. The minimum absolute atomic E-state index is 0.190. The topological polar surface area (TPSA) is 41.0 Å². The van der Waals surface area contributed by atoms with Gasteiger partial charge in [-0.2, -0.15) is 0 Å². The van der Waals surface area contributed by atoms with Crippen LogP contribution in [0.3, 0.4) is 0 Å². The Morgan fingerprint density at radius 2 is 2.38 bits per heavy atom. The van der Waals surface area contributed by atoms with Gasteiger partial charge in [0.25, 0.3) is 0 Å². The van der Waals surface area contributed by atoms with Gasteiger partial charge in [0.1, 0.15) is 5.51 Å². The van der Waals surface area contributed by atoms with Crippen LogP contribution >= 0.6 is 11.3 Å². The van der Waals surface area contributed by atoms with E-state index in [-0.39, 0.29) is 5.54 Å². The average Bonchev–Trinajstić information content (AvgIpc) is 2.84. The zero-order valence-electron chi connectivity index (χ0n) is 10.2. The SMILES string of the molecule is CC(C)(C)NCC1CCCN1c1nncs1. The van der Waals surface area contributed by atoms with Gasteiger partial charge in [-0.1, -0.05) is 11.3 Å². The second-order valence-electron chi connectivity index (χ2n) is 5.34. The highest BCUT2D eigenvalue weighted by atomic mass is 32.1. The number of hydrogen-bond donors (Lipinski definition) is 1. The third kappa shape index (κ3) is 2.92. The van der Waals surface area contributed by atoms with Gasteiger partial charge in [0.2, 0.25) is 5.13 Å². The fraction of sp³-hybridized carbons (Fsp3) is 0.818. The molecule has 0 aliphatic carbocycles. The van der Waals surface area contributed by atoms with E-state index < -0.39 is 0 Å². The van der Waals surface area contributed by atoms with Crippen LogP contribution in [0.5, 0.6) is 0 Å². The predicted octanol–water partition coefficient (Wildman–Crippen LogP) is 1.89. The van der Waals surface area contributed by atoms with Crippen LogP contribution in [0.2, 0.25) is 0 Å². The molecule has 1 aromatic rings. The summed E-state index contributed by atoms with van der Waals surface area (Å²) >= 11 is 1.63. The summed E-state index contributed by atoms with van der Waals surface area (Å²) in [5.41, 5.74) is 2.00. The molecule has 1 fully saturated rings. The molecule has 0 aromatic carbocycles. The molecule has 1 saturated heterocycles. The van der Waals surface area contributed by atoms with E-state index in [1.54, 1.807) is 11.3 Å². The maximum atomic E-state index is 4.16. The average molecular weight is 240 g/mol. The van der Waals surface area contributed by atoms with E-state index >= 15 is 0 Å². The van der Waals surface area contributed by atoms with Crippen LogP contribution in [0.15, 0.2) is 5.51 Å². The third-order valence-corrected chi connectivity index (χ3v) is 3.57. The zero-order chi connectivity index (χ0) is 11.6. The summed E-state index contributed by atoms with van der Waals surface area (Å²) in [6.45, 7) is 8.76. The Labute approximate surface area is 101 Å². The zero-order valence-corrected chi connectivity index (χ0v) is 11.0. The van der Waals surface area contributed by atoms with Crippen molar-refractivity contribution in [2.75, 3.05) is 18.0 Å². The summed E-state index contributed by atoms with van der Waals surface area (Å²) in [6, 6.07) is 0.576. The molecule has 0 bridgehead atoms. The van der Waals surface area contributed by atoms with Crippen molar-refractivity contribution in [1.29, 1.82) is 0 Å². The van der Waals surface area contributed by atoms with Gasteiger partial charge in [-0.3, -0.25) is 0 Å². The molecular formula is C11H20N4S. The molecule has 2 rings (SSSR count). The standard InChI is InChI=1S/C11H20N4S/c1-11(2,3)12-7-9-5-4-6-15(9)10-14-13-8-16-10/h8-9,12H,4-7H2,1-3H3. The van der Waals surface area contributed by atoms with Crippen LogP contribution in [0.4, 0.5) is 5.13 Å².